The van der Waals surface area contributed by atoms with Gasteiger partial charge in [-0.1, -0.05) is 57.6 Å². The Bertz CT molecular complexity index is 566. The molecule has 2 unspecified atom stereocenters. The maximum atomic E-state index is 12.4. The van der Waals surface area contributed by atoms with Crippen LogP contribution in [0.15, 0.2) is 12.2 Å². The average molecular weight is 436 g/mol. The van der Waals surface area contributed by atoms with E-state index in [9.17, 15) is 14.7 Å². The number of Topliss-reactive ketones (excluding diaryl/α,β-unsaturated/α-hetero) is 1. The van der Waals surface area contributed by atoms with Crippen molar-refractivity contribution in [1.82, 2.24) is 4.90 Å². The highest BCUT2D eigenvalue weighted by atomic mass is 16.5. The Morgan fingerprint density at radius 3 is 2.55 bits per heavy atom. The van der Waals surface area contributed by atoms with Crippen LogP contribution in [0.5, 0.6) is 0 Å². The minimum atomic E-state index is -0.377. The Morgan fingerprint density at radius 2 is 1.84 bits per heavy atom. The van der Waals surface area contributed by atoms with Gasteiger partial charge in [-0.05, 0) is 45.4 Å². The molecule has 5 heteroatoms. The highest BCUT2D eigenvalue weighted by Crippen LogP contribution is 2.34. The molecule has 5 nitrogen and oxygen atoms in total. The Morgan fingerprint density at radius 1 is 1.13 bits per heavy atom. The molecular formula is C26H45NO4. The molecule has 1 saturated carbocycles. The van der Waals surface area contributed by atoms with Crippen LogP contribution < -0.4 is 0 Å². The minimum absolute atomic E-state index is 0.121. The van der Waals surface area contributed by atoms with Gasteiger partial charge in [-0.3, -0.25) is 9.59 Å². The summed E-state index contributed by atoms with van der Waals surface area (Å²) in [6, 6.07) is 0. The predicted molar refractivity (Wildman–Crippen MR) is 125 cm³/mol. The maximum absolute atomic E-state index is 12.4. The number of unbranched alkanes of at least 4 members (excludes halogenated alkanes) is 5. The number of rotatable bonds is 13. The summed E-state index contributed by atoms with van der Waals surface area (Å²) in [5.41, 5.74) is 0. The Kier molecular flexibility index (Phi) is 11.8. The monoisotopic (exact) mass is 435 g/mol. The summed E-state index contributed by atoms with van der Waals surface area (Å²) in [5.74, 6) is 1.05. The molecule has 0 aromatic rings. The molecule has 2 rings (SSSR count). The standard InChI is InChI=1S/C26H45NO4/c1-4-5-8-11-23(28)16-14-22-15-17-25(29)24(22)12-9-6-7-10-13-26(30)27-18-20(2)31-21(3)19-27/h14,16,20-24,28H,4-13,15,17-19H2,1-3H3/b16-14+/t20?,21?,22-,23+,24+/m0/s1. The van der Waals surface area contributed by atoms with Gasteiger partial charge in [-0.15, -0.1) is 0 Å². The number of hydrogen-bond donors (Lipinski definition) is 1. The molecule has 5 atom stereocenters. The summed E-state index contributed by atoms with van der Waals surface area (Å²) in [6.07, 6.45) is 15.3. The molecular weight excluding hydrogens is 390 g/mol. The number of carbonyl (C=O) groups excluding carboxylic acids is 2. The molecule has 178 valence electrons. The van der Waals surface area contributed by atoms with E-state index in [0.29, 0.717) is 37.6 Å². The van der Waals surface area contributed by atoms with Gasteiger partial charge in [0.05, 0.1) is 18.3 Å². The topological polar surface area (TPSA) is 66.8 Å². The van der Waals surface area contributed by atoms with E-state index in [1.807, 2.05) is 24.8 Å². The average Bonchev–Trinajstić information content (AvgIpc) is 3.07. The van der Waals surface area contributed by atoms with Crippen molar-refractivity contribution in [2.45, 2.75) is 116 Å². The van der Waals surface area contributed by atoms with Crippen molar-refractivity contribution < 1.29 is 19.4 Å². The summed E-state index contributed by atoms with van der Waals surface area (Å²) in [6.45, 7) is 7.62. The summed E-state index contributed by atoms with van der Waals surface area (Å²) in [5, 5.41) is 10.1. The van der Waals surface area contributed by atoms with Crippen LogP contribution in [0.3, 0.4) is 0 Å². The lowest BCUT2D eigenvalue weighted by Crippen LogP contribution is -2.48. The normalized spacial score (nSPS) is 27.9. The Labute approximate surface area is 189 Å². The van der Waals surface area contributed by atoms with Crippen molar-refractivity contribution in [3.05, 3.63) is 12.2 Å². The zero-order chi connectivity index (χ0) is 22.6. The van der Waals surface area contributed by atoms with Crippen LogP contribution in [-0.4, -0.2) is 53.1 Å². The van der Waals surface area contributed by atoms with Crippen LogP contribution in [0, 0.1) is 11.8 Å². The number of nitrogens with zero attached hydrogens (tertiary/aromatic N) is 1. The van der Waals surface area contributed by atoms with Gasteiger partial charge >= 0.3 is 0 Å². The van der Waals surface area contributed by atoms with Crippen LogP contribution in [0.4, 0.5) is 0 Å². The quantitative estimate of drug-likeness (QED) is 0.324. The fourth-order valence-electron chi connectivity index (χ4n) is 5.04. The molecule has 2 fully saturated rings. The molecule has 31 heavy (non-hydrogen) atoms. The first-order chi connectivity index (χ1) is 14.9. The van der Waals surface area contributed by atoms with Gasteiger partial charge in [0.15, 0.2) is 0 Å². The third kappa shape index (κ3) is 9.44. The lowest BCUT2D eigenvalue weighted by atomic mass is 9.89. The van der Waals surface area contributed by atoms with Crippen molar-refractivity contribution in [3.8, 4) is 0 Å². The SMILES string of the molecule is CCCCC[C@@H](O)/C=C/[C@H]1CCC(=O)[C@@H]1CCCCCCC(=O)N1CC(C)OC(C)C1. The molecule has 0 aromatic carbocycles. The second-order valence-corrected chi connectivity index (χ2v) is 9.73. The zero-order valence-electron chi connectivity index (χ0n) is 20.1. The summed E-state index contributed by atoms with van der Waals surface area (Å²) in [7, 11) is 0. The van der Waals surface area contributed by atoms with Gasteiger partial charge in [0.25, 0.3) is 0 Å². The van der Waals surface area contributed by atoms with E-state index in [1.165, 1.54) is 0 Å². The maximum Gasteiger partial charge on any atom is 0.222 e. The number of ketones is 1. The second-order valence-electron chi connectivity index (χ2n) is 9.73. The van der Waals surface area contributed by atoms with Crippen molar-refractivity contribution in [2.75, 3.05) is 13.1 Å². The molecule has 1 amide bonds. The molecule has 1 saturated heterocycles. The number of aliphatic hydroxyl groups excluding tert-OH is 1. The van der Waals surface area contributed by atoms with E-state index in [4.69, 9.17) is 4.74 Å². The van der Waals surface area contributed by atoms with Crippen LogP contribution >= 0.6 is 0 Å². The van der Waals surface area contributed by atoms with Crippen LogP contribution in [0.1, 0.15) is 97.8 Å². The van der Waals surface area contributed by atoms with Gasteiger partial charge in [0.2, 0.25) is 5.91 Å². The van der Waals surface area contributed by atoms with E-state index < -0.39 is 0 Å². The number of allylic oxidation sites excluding steroid dienone is 1. The number of aliphatic hydroxyl groups is 1. The third-order valence-electron chi connectivity index (χ3n) is 6.77. The largest absolute Gasteiger partial charge is 0.389 e. The van der Waals surface area contributed by atoms with Crippen molar-refractivity contribution in [3.63, 3.8) is 0 Å². The van der Waals surface area contributed by atoms with Crippen LogP contribution in [0.2, 0.25) is 0 Å². The lowest BCUT2D eigenvalue weighted by Gasteiger charge is -2.35. The number of morpholine rings is 1. The number of hydrogen-bond acceptors (Lipinski definition) is 4. The van der Waals surface area contributed by atoms with Gasteiger partial charge in [0, 0.05) is 31.8 Å². The highest BCUT2D eigenvalue weighted by molar-refractivity contribution is 5.83. The number of carbonyl (C=O) groups is 2. The Balaban J connectivity index is 1.61. The molecule has 0 radical (unpaired) electrons. The van der Waals surface area contributed by atoms with E-state index in [-0.39, 0.29) is 30.1 Å². The highest BCUT2D eigenvalue weighted by Gasteiger charge is 2.32. The summed E-state index contributed by atoms with van der Waals surface area (Å²) >= 11 is 0. The van der Waals surface area contributed by atoms with Gasteiger partial charge in [-0.25, -0.2) is 0 Å². The first kappa shape index (κ1) is 26.1. The molecule has 0 aromatic heterocycles. The fourth-order valence-corrected chi connectivity index (χ4v) is 5.04. The number of ether oxygens (including phenoxy) is 1. The molecule has 1 aliphatic carbocycles. The molecule has 2 aliphatic rings. The third-order valence-corrected chi connectivity index (χ3v) is 6.77. The molecule has 0 spiro atoms. The lowest BCUT2D eigenvalue weighted by molar-refractivity contribution is -0.143. The molecule has 1 heterocycles. The van der Waals surface area contributed by atoms with Crippen molar-refractivity contribution in [1.29, 1.82) is 0 Å². The van der Waals surface area contributed by atoms with Gasteiger partial charge in [-0.2, -0.15) is 0 Å². The molecule has 1 aliphatic heterocycles. The summed E-state index contributed by atoms with van der Waals surface area (Å²) in [4.78, 5) is 26.7. The van der Waals surface area contributed by atoms with Crippen molar-refractivity contribution in [2.24, 2.45) is 11.8 Å². The van der Waals surface area contributed by atoms with E-state index >= 15 is 0 Å². The van der Waals surface area contributed by atoms with E-state index in [2.05, 4.69) is 13.0 Å². The Hall–Kier alpha value is -1.20. The van der Waals surface area contributed by atoms with E-state index in [1.54, 1.807) is 0 Å². The first-order valence-electron chi connectivity index (χ1n) is 12.7. The zero-order valence-corrected chi connectivity index (χ0v) is 20.1. The van der Waals surface area contributed by atoms with E-state index in [0.717, 1.165) is 64.2 Å². The van der Waals surface area contributed by atoms with Crippen molar-refractivity contribution >= 4 is 11.7 Å². The second kappa shape index (κ2) is 14.1. The first-order valence-corrected chi connectivity index (χ1v) is 12.7. The summed E-state index contributed by atoms with van der Waals surface area (Å²) < 4.78 is 5.70. The smallest absolute Gasteiger partial charge is 0.222 e. The number of amides is 1. The molecule has 1 N–H and O–H groups in total. The molecule has 0 bridgehead atoms. The van der Waals surface area contributed by atoms with Gasteiger partial charge in [0.1, 0.15) is 5.78 Å². The predicted octanol–water partition coefficient (Wildman–Crippen LogP) is 5.06. The fraction of sp³-hybridized carbons (Fsp3) is 0.846. The van der Waals surface area contributed by atoms with Crippen LogP contribution in [0.25, 0.3) is 0 Å². The van der Waals surface area contributed by atoms with Gasteiger partial charge < -0.3 is 14.7 Å². The minimum Gasteiger partial charge on any atom is -0.389 e. The van der Waals surface area contributed by atoms with Crippen LogP contribution in [-0.2, 0) is 14.3 Å².